The molecule has 1 atom stereocenters. The normalized spacial score (nSPS) is 23.9. The average molecular weight is 381 g/mol. The maximum atomic E-state index is 14.0. The number of amidine groups is 1. The van der Waals surface area contributed by atoms with E-state index in [1.54, 1.807) is 0 Å². The standard InChI is InChI=1S/C20H20FN5O2/c1-12-11-25-7-4-16-24-18(25)17(12)19(27)22-5-8-28-20-14(9-13(21)10-23-20)15-3-2-6-26(15)16/h4,7,9-10,15H,1-3,5-6,8,11H2,(H,22,27). The van der Waals surface area contributed by atoms with Crippen LogP contribution >= 0.6 is 0 Å². The van der Waals surface area contributed by atoms with E-state index in [0.717, 1.165) is 37.0 Å². The molecule has 0 spiro atoms. The summed E-state index contributed by atoms with van der Waals surface area (Å²) in [6.45, 7) is 5.93. The van der Waals surface area contributed by atoms with Gasteiger partial charge in [0, 0.05) is 24.9 Å². The molecule has 0 radical (unpaired) electrons. The summed E-state index contributed by atoms with van der Waals surface area (Å²) < 4.78 is 19.8. The summed E-state index contributed by atoms with van der Waals surface area (Å²) in [6, 6.07) is 1.41. The third-order valence-corrected chi connectivity index (χ3v) is 5.44. The third kappa shape index (κ3) is 2.67. The zero-order valence-electron chi connectivity index (χ0n) is 15.3. The van der Waals surface area contributed by atoms with Crippen LogP contribution in [0, 0.1) is 5.82 Å². The van der Waals surface area contributed by atoms with Crippen molar-refractivity contribution in [1.29, 1.82) is 0 Å². The van der Waals surface area contributed by atoms with Crippen LogP contribution in [0.25, 0.3) is 0 Å². The average Bonchev–Trinajstić information content (AvgIpc) is 3.28. The Labute approximate surface area is 161 Å². The first kappa shape index (κ1) is 17.0. The van der Waals surface area contributed by atoms with Crippen LogP contribution in [0.15, 0.2) is 53.1 Å². The fourth-order valence-corrected chi connectivity index (χ4v) is 4.20. The lowest BCUT2D eigenvalue weighted by Gasteiger charge is -2.30. The van der Waals surface area contributed by atoms with Crippen LogP contribution in [-0.4, -0.2) is 52.8 Å². The van der Waals surface area contributed by atoms with Crippen molar-refractivity contribution in [3.63, 3.8) is 0 Å². The number of rotatable bonds is 0. The van der Waals surface area contributed by atoms with Gasteiger partial charge in [0.25, 0.3) is 5.91 Å². The Morgan fingerprint density at radius 3 is 3.18 bits per heavy atom. The molecule has 7 nitrogen and oxygen atoms in total. The van der Waals surface area contributed by atoms with E-state index in [1.807, 2.05) is 17.2 Å². The molecule has 1 saturated heterocycles. The highest BCUT2D eigenvalue weighted by atomic mass is 19.1. The molecule has 2 bridgehead atoms. The van der Waals surface area contributed by atoms with E-state index in [9.17, 15) is 9.18 Å². The number of carbonyl (C=O) groups excluding carboxylic acids is 1. The number of nitrogens with one attached hydrogen (secondary N) is 1. The van der Waals surface area contributed by atoms with E-state index in [2.05, 4.69) is 21.8 Å². The van der Waals surface area contributed by atoms with E-state index in [0.29, 0.717) is 35.9 Å². The lowest BCUT2D eigenvalue weighted by atomic mass is 10.1. The van der Waals surface area contributed by atoms with Crippen LogP contribution in [0.5, 0.6) is 5.88 Å². The zero-order valence-corrected chi connectivity index (χ0v) is 15.3. The minimum Gasteiger partial charge on any atom is -0.476 e. The molecule has 0 aromatic carbocycles. The van der Waals surface area contributed by atoms with Gasteiger partial charge < -0.3 is 19.9 Å². The van der Waals surface area contributed by atoms with Gasteiger partial charge in [0.05, 0.1) is 24.4 Å². The third-order valence-electron chi connectivity index (χ3n) is 5.44. The number of pyridine rings is 1. The van der Waals surface area contributed by atoms with Crippen molar-refractivity contribution >= 4 is 11.7 Å². The molecule has 0 aliphatic carbocycles. The van der Waals surface area contributed by atoms with Crippen LogP contribution in [-0.2, 0) is 4.79 Å². The fourth-order valence-electron chi connectivity index (χ4n) is 4.20. The molecular weight excluding hydrogens is 361 g/mol. The molecule has 5 rings (SSSR count). The number of hydrogen-bond donors (Lipinski definition) is 1. The Bertz CT molecular complexity index is 967. The monoisotopic (exact) mass is 381 g/mol. The Hall–Kier alpha value is -3.16. The van der Waals surface area contributed by atoms with Gasteiger partial charge in [-0.25, -0.2) is 14.4 Å². The van der Waals surface area contributed by atoms with Crippen LogP contribution in [0.3, 0.4) is 0 Å². The Morgan fingerprint density at radius 2 is 2.29 bits per heavy atom. The van der Waals surface area contributed by atoms with Gasteiger partial charge in [-0.1, -0.05) is 6.58 Å². The van der Waals surface area contributed by atoms with Crippen LogP contribution in [0.2, 0.25) is 0 Å². The zero-order chi connectivity index (χ0) is 19.3. The molecule has 8 heteroatoms. The lowest BCUT2D eigenvalue weighted by molar-refractivity contribution is -0.117. The summed E-state index contributed by atoms with van der Waals surface area (Å²) in [5, 5.41) is 2.86. The van der Waals surface area contributed by atoms with E-state index in [4.69, 9.17) is 9.73 Å². The highest BCUT2D eigenvalue weighted by Gasteiger charge is 2.36. The van der Waals surface area contributed by atoms with Gasteiger partial charge in [-0.15, -0.1) is 0 Å². The number of aromatic nitrogens is 1. The summed E-state index contributed by atoms with van der Waals surface area (Å²) in [5.41, 5.74) is 1.97. The summed E-state index contributed by atoms with van der Waals surface area (Å²) >= 11 is 0. The maximum Gasteiger partial charge on any atom is 0.255 e. The molecule has 5 heterocycles. The van der Waals surface area contributed by atoms with Gasteiger partial charge in [-0.05, 0) is 30.6 Å². The molecule has 1 amide bonds. The second-order valence-corrected chi connectivity index (χ2v) is 7.22. The number of nitrogens with zero attached hydrogens (tertiary/aromatic N) is 4. The Morgan fingerprint density at radius 1 is 1.39 bits per heavy atom. The van der Waals surface area contributed by atoms with Gasteiger partial charge in [0.1, 0.15) is 24.1 Å². The van der Waals surface area contributed by atoms with Gasteiger partial charge in [-0.3, -0.25) is 4.79 Å². The first-order valence-electron chi connectivity index (χ1n) is 9.41. The number of ether oxygens (including phenoxy) is 1. The summed E-state index contributed by atoms with van der Waals surface area (Å²) in [7, 11) is 0. The van der Waals surface area contributed by atoms with Gasteiger partial charge in [-0.2, -0.15) is 0 Å². The van der Waals surface area contributed by atoms with Crippen LogP contribution in [0.4, 0.5) is 4.39 Å². The van der Waals surface area contributed by atoms with E-state index < -0.39 is 5.82 Å². The number of halogens is 1. The number of carbonyl (C=O) groups is 1. The largest absolute Gasteiger partial charge is 0.476 e. The number of hydrogen-bond acceptors (Lipinski definition) is 6. The molecule has 1 fully saturated rings. The highest BCUT2D eigenvalue weighted by molar-refractivity contribution is 6.01. The molecular formula is C20H20FN5O2. The molecule has 1 unspecified atom stereocenters. The first-order valence-corrected chi connectivity index (χ1v) is 9.41. The fraction of sp³-hybridized carbons (Fsp3) is 0.350. The second-order valence-electron chi connectivity index (χ2n) is 7.22. The molecule has 144 valence electrons. The topological polar surface area (TPSA) is 70.1 Å². The summed E-state index contributed by atoms with van der Waals surface area (Å²) in [4.78, 5) is 25.7. The van der Waals surface area contributed by atoms with Crippen molar-refractivity contribution in [2.45, 2.75) is 18.9 Å². The smallest absolute Gasteiger partial charge is 0.255 e. The van der Waals surface area contributed by atoms with Crippen LogP contribution < -0.4 is 10.1 Å². The Kier molecular flexibility index (Phi) is 3.92. The Balaban J connectivity index is 1.63. The molecule has 1 aromatic rings. The van der Waals surface area contributed by atoms with Gasteiger partial charge in [0.2, 0.25) is 5.88 Å². The number of fused-ring (bicyclic) bond motifs is 4. The minimum absolute atomic E-state index is 0.0776. The summed E-state index contributed by atoms with van der Waals surface area (Å²) in [5.74, 6) is 1.16. The van der Waals surface area contributed by atoms with Crippen molar-refractivity contribution < 1.29 is 13.9 Å². The predicted molar refractivity (Wildman–Crippen MR) is 101 cm³/mol. The van der Waals surface area contributed by atoms with Crippen molar-refractivity contribution in [2.24, 2.45) is 4.99 Å². The first-order chi connectivity index (χ1) is 13.6. The van der Waals surface area contributed by atoms with Gasteiger partial charge in [0.15, 0.2) is 0 Å². The highest BCUT2D eigenvalue weighted by Crippen LogP contribution is 2.39. The lowest BCUT2D eigenvalue weighted by Crippen LogP contribution is -2.32. The number of amides is 1. The second kappa shape index (κ2) is 6.47. The van der Waals surface area contributed by atoms with Crippen molar-refractivity contribution in [3.8, 4) is 5.88 Å². The van der Waals surface area contributed by atoms with E-state index in [1.165, 1.54) is 6.07 Å². The quantitative estimate of drug-likeness (QED) is 0.743. The maximum absolute atomic E-state index is 14.0. The van der Waals surface area contributed by atoms with Crippen molar-refractivity contribution in [1.82, 2.24) is 20.1 Å². The van der Waals surface area contributed by atoms with E-state index >= 15 is 0 Å². The van der Waals surface area contributed by atoms with Crippen molar-refractivity contribution in [3.05, 3.63) is 59.5 Å². The minimum atomic E-state index is -0.392. The molecule has 0 saturated carbocycles. The predicted octanol–water partition coefficient (Wildman–Crippen LogP) is 1.88. The molecule has 4 aliphatic heterocycles. The molecule has 28 heavy (non-hydrogen) atoms. The SMILES string of the molecule is C=C1CN2C=CC3=NC2=C1C(=O)NCCOc1ncc(F)cc1C1CCCN31. The molecule has 1 aromatic heterocycles. The van der Waals surface area contributed by atoms with Crippen LogP contribution in [0.1, 0.15) is 24.4 Å². The number of aliphatic imine (C=N–C) groups is 1. The van der Waals surface area contributed by atoms with Crippen molar-refractivity contribution in [2.75, 3.05) is 26.2 Å². The molecule has 4 aliphatic rings. The van der Waals surface area contributed by atoms with Gasteiger partial charge >= 0.3 is 0 Å². The summed E-state index contributed by atoms with van der Waals surface area (Å²) in [6.07, 6.45) is 6.83. The van der Waals surface area contributed by atoms with E-state index in [-0.39, 0.29) is 18.6 Å². The molecule has 1 N–H and O–H groups in total.